The van der Waals surface area contributed by atoms with Crippen molar-refractivity contribution in [2.75, 3.05) is 43.4 Å². The molecule has 1 fully saturated rings. The van der Waals surface area contributed by atoms with Crippen LogP contribution in [0.1, 0.15) is 24.6 Å². The van der Waals surface area contributed by atoms with Crippen LogP contribution >= 0.6 is 36.2 Å². The summed E-state index contributed by atoms with van der Waals surface area (Å²) in [6.07, 6.45) is 3.89. The van der Waals surface area contributed by atoms with Crippen molar-refractivity contribution in [3.8, 4) is 10.7 Å². The number of pyridine rings is 2. The quantitative estimate of drug-likeness (QED) is 0.566. The van der Waals surface area contributed by atoms with Crippen molar-refractivity contribution in [1.82, 2.24) is 19.9 Å². The molecule has 9 heteroatoms. The molecule has 1 saturated heterocycles. The van der Waals surface area contributed by atoms with E-state index in [0.29, 0.717) is 5.92 Å². The van der Waals surface area contributed by atoms with Gasteiger partial charge in [-0.1, -0.05) is 19.9 Å². The van der Waals surface area contributed by atoms with Gasteiger partial charge in [-0.15, -0.1) is 36.2 Å². The van der Waals surface area contributed by atoms with Crippen LogP contribution in [0.3, 0.4) is 0 Å². The third-order valence-electron chi connectivity index (χ3n) is 4.93. The Morgan fingerprint density at radius 2 is 1.70 bits per heavy atom. The number of piperazine rings is 1. The van der Waals surface area contributed by atoms with Gasteiger partial charge in [0, 0.05) is 37.3 Å². The van der Waals surface area contributed by atoms with E-state index in [0.717, 1.165) is 48.5 Å². The van der Waals surface area contributed by atoms with Crippen molar-refractivity contribution in [1.29, 1.82) is 0 Å². The molecule has 0 radical (unpaired) electrons. The fourth-order valence-electron chi connectivity index (χ4n) is 3.14. The fourth-order valence-corrected chi connectivity index (χ4v) is 4.03. The second-order valence-corrected chi connectivity index (χ2v) is 8.51. The highest BCUT2D eigenvalue weighted by molar-refractivity contribution is 7.15. The van der Waals surface area contributed by atoms with E-state index in [-0.39, 0.29) is 24.8 Å². The number of thiazole rings is 1. The van der Waals surface area contributed by atoms with Gasteiger partial charge in [0.15, 0.2) is 0 Å². The van der Waals surface area contributed by atoms with E-state index in [1.165, 1.54) is 10.6 Å². The molecule has 4 rings (SSSR count). The van der Waals surface area contributed by atoms with Crippen LogP contribution < -0.4 is 10.2 Å². The lowest BCUT2D eigenvalue weighted by molar-refractivity contribution is 0.313. The molecule has 0 aliphatic carbocycles. The molecule has 30 heavy (non-hydrogen) atoms. The van der Waals surface area contributed by atoms with Gasteiger partial charge in [-0.25, -0.2) is 15.0 Å². The molecule has 6 nitrogen and oxygen atoms in total. The van der Waals surface area contributed by atoms with E-state index in [9.17, 15) is 0 Å². The van der Waals surface area contributed by atoms with Crippen LogP contribution in [-0.2, 0) is 0 Å². The van der Waals surface area contributed by atoms with Gasteiger partial charge in [-0.3, -0.25) is 0 Å². The zero-order valence-corrected chi connectivity index (χ0v) is 19.9. The van der Waals surface area contributed by atoms with Gasteiger partial charge in [-0.05, 0) is 37.2 Å². The van der Waals surface area contributed by atoms with Crippen molar-refractivity contribution in [2.45, 2.75) is 19.8 Å². The minimum Gasteiger partial charge on any atom is -0.368 e. The summed E-state index contributed by atoms with van der Waals surface area (Å²) in [6.45, 7) is 8.62. The Kier molecular flexibility index (Phi) is 8.85. The average Bonchev–Trinajstić information content (AvgIpc) is 3.20. The number of hydrogen-bond acceptors (Lipinski definition) is 7. The first-order valence-electron chi connectivity index (χ1n) is 9.68. The first kappa shape index (κ1) is 24.3. The number of nitrogens with zero attached hydrogens (tertiary/aromatic N) is 5. The molecule has 1 N–H and O–H groups in total. The fraction of sp³-hybridized carbons (Fsp3) is 0.381. The number of halogens is 2. The van der Waals surface area contributed by atoms with Crippen molar-refractivity contribution < 1.29 is 0 Å². The van der Waals surface area contributed by atoms with Gasteiger partial charge in [0.05, 0.1) is 11.9 Å². The van der Waals surface area contributed by atoms with Crippen LogP contribution in [0, 0.1) is 0 Å². The average molecular weight is 467 g/mol. The lowest BCUT2D eigenvalue weighted by Crippen LogP contribution is -2.44. The SMILES string of the molecule is CC(C)c1cnc(-c2cccc(Nc3ccc(N4CCN(C)CC4)cn3)n2)s1.Cl.Cl. The van der Waals surface area contributed by atoms with Crippen LogP contribution in [0.15, 0.2) is 42.7 Å². The summed E-state index contributed by atoms with van der Waals surface area (Å²) in [5.41, 5.74) is 2.06. The summed E-state index contributed by atoms with van der Waals surface area (Å²) in [5.74, 6) is 2.05. The zero-order chi connectivity index (χ0) is 19.5. The van der Waals surface area contributed by atoms with E-state index in [2.05, 4.69) is 52.0 Å². The lowest BCUT2D eigenvalue weighted by Gasteiger charge is -2.33. The Balaban J connectivity index is 0.00000160. The number of rotatable bonds is 5. The Morgan fingerprint density at radius 3 is 2.33 bits per heavy atom. The Morgan fingerprint density at radius 1 is 0.933 bits per heavy atom. The molecule has 3 aromatic heterocycles. The maximum absolute atomic E-state index is 4.71. The third-order valence-corrected chi connectivity index (χ3v) is 6.25. The summed E-state index contributed by atoms with van der Waals surface area (Å²) < 4.78 is 0. The molecule has 0 atom stereocenters. The minimum atomic E-state index is 0. The predicted octanol–water partition coefficient (Wildman–Crippen LogP) is 5.06. The Bertz CT molecular complexity index is 923. The van der Waals surface area contributed by atoms with E-state index in [1.54, 1.807) is 11.3 Å². The predicted molar refractivity (Wildman–Crippen MR) is 131 cm³/mol. The van der Waals surface area contributed by atoms with Crippen LogP contribution in [0.5, 0.6) is 0 Å². The number of aromatic nitrogens is 3. The maximum atomic E-state index is 4.71. The minimum absolute atomic E-state index is 0. The molecule has 0 bridgehead atoms. The third kappa shape index (κ3) is 5.82. The van der Waals surface area contributed by atoms with Gasteiger partial charge >= 0.3 is 0 Å². The molecule has 1 aliphatic heterocycles. The van der Waals surface area contributed by atoms with Crippen LogP contribution in [0.4, 0.5) is 17.3 Å². The van der Waals surface area contributed by atoms with Crippen LogP contribution in [0.25, 0.3) is 10.7 Å². The second kappa shape index (κ2) is 10.9. The van der Waals surface area contributed by atoms with Crippen molar-refractivity contribution in [2.24, 2.45) is 0 Å². The number of likely N-dealkylation sites (N-methyl/N-ethyl adjacent to an activating group) is 1. The van der Waals surface area contributed by atoms with Gasteiger partial charge in [0.2, 0.25) is 0 Å². The molecule has 0 aromatic carbocycles. The molecule has 0 saturated carbocycles. The molecular formula is C21H28Cl2N6S. The van der Waals surface area contributed by atoms with E-state index >= 15 is 0 Å². The first-order valence-corrected chi connectivity index (χ1v) is 10.5. The van der Waals surface area contributed by atoms with Crippen molar-refractivity contribution in [3.05, 3.63) is 47.6 Å². The van der Waals surface area contributed by atoms with Crippen LogP contribution in [0.2, 0.25) is 0 Å². The summed E-state index contributed by atoms with van der Waals surface area (Å²) in [4.78, 5) is 19.8. The van der Waals surface area contributed by atoms with Gasteiger partial charge < -0.3 is 15.1 Å². The van der Waals surface area contributed by atoms with E-state index in [1.807, 2.05) is 36.7 Å². The van der Waals surface area contributed by atoms with Gasteiger partial charge in [0.25, 0.3) is 0 Å². The highest BCUT2D eigenvalue weighted by atomic mass is 35.5. The largest absolute Gasteiger partial charge is 0.368 e. The molecule has 4 heterocycles. The topological polar surface area (TPSA) is 57.2 Å². The first-order chi connectivity index (χ1) is 13.6. The second-order valence-electron chi connectivity index (χ2n) is 7.45. The normalized spacial score (nSPS) is 14.2. The van der Waals surface area contributed by atoms with Gasteiger partial charge in [-0.2, -0.15) is 0 Å². The standard InChI is InChI=1S/C21H26N6S.2ClH/c1-15(2)18-14-23-21(28-18)17-5-4-6-20(24-17)25-19-8-7-16(13-22-19)27-11-9-26(3)10-12-27;;/h4-8,13-15H,9-12H2,1-3H3,(H,22,24,25);2*1H. The Hall–Kier alpha value is -1.93. The van der Waals surface area contributed by atoms with E-state index < -0.39 is 0 Å². The summed E-state index contributed by atoms with van der Waals surface area (Å²) in [6, 6.07) is 10.1. The number of nitrogens with one attached hydrogen (secondary N) is 1. The monoisotopic (exact) mass is 466 g/mol. The summed E-state index contributed by atoms with van der Waals surface area (Å²) >= 11 is 1.70. The van der Waals surface area contributed by atoms with E-state index in [4.69, 9.17) is 4.98 Å². The van der Waals surface area contributed by atoms with Crippen LogP contribution in [-0.4, -0.2) is 53.1 Å². The number of anilines is 3. The molecule has 162 valence electrons. The smallest absolute Gasteiger partial charge is 0.142 e. The summed E-state index contributed by atoms with van der Waals surface area (Å²) in [7, 11) is 2.17. The zero-order valence-electron chi connectivity index (χ0n) is 17.4. The number of hydrogen-bond donors (Lipinski definition) is 1. The molecule has 1 aliphatic rings. The lowest BCUT2D eigenvalue weighted by atomic mass is 10.2. The molecule has 0 amide bonds. The van der Waals surface area contributed by atoms with Crippen molar-refractivity contribution >= 4 is 53.5 Å². The Labute approximate surface area is 194 Å². The van der Waals surface area contributed by atoms with Gasteiger partial charge in [0.1, 0.15) is 22.3 Å². The highest BCUT2D eigenvalue weighted by Gasteiger charge is 2.14. The molecule has 3 aromatic rings. The molecular weight excluding hydrogens is 439 g/mol. The molecule has 0 spiro atoms. The maximum Gasteiger partial charge on any atom is 0.142 e. The molecule has 0 unspecified atom stereocenters. The summed E-state index contributed by atoms with van der Waals surface area (Å²) in [5, 5.41) is 4.26. The highest BCUT2D eigenvalue weighted by Crippen LogP contribution is 2.29. The van der Waals surface area contributed by atoms with Crippen molar-refractivity contribution in [3.63, 3.8) is 0 Å².